The zero-order valence-electron chi connectivity index (χ0n) is 10.7. The van der Waals surface area contributed by atoms with E-state index < -0.39 is 10.0 Å². The Morgan fingerprint density at radius 3 is 2.70 bits per heavy atom. The number of hydrogen-bond donors (Lipinski definition) is 2. The lowest BCUT2D eigenvalue weighted by Gasteiger charge is -2.09. The van der Waals surface area contributed by atoms with Crippen LogP contribution in [0.15, 0.2) is 39.8 Å². The van der Waals surface area contributed by atoms with Gasteiger partial charge in [-0.25, -0.2) is 23.1 Å². The minimum atomic E-state index is -3.62. The van der Waals surface area contributed by atoms with Crippen LogP contribution in [0.5, 0.6) is 0 Å². The molecule has 106 valence electrons. The Balaban J connectivity index is 2.20. The maximum atomic E-state index is 12.2. The SMILES string of the molecule is Cc1ncc(CNS(=O)(=O)c2ccccc2Br)c(N)n1. The first-order valence-electron chi connectivity index (χ1n) is 5.72. The van der Waals surface area contributed by atoms with Crippen LogP contribution in [0, 0.1) is 6.92 Å². The number of nitrogens with zero attached hydrogens (tertiary/aromatic N) is 2. The summed E-state index contributed by atoms with van der Waals surface area (Å²) in [5.74, 6) is 0.812. The molecule has 8 heteroatoms. The van der Waals surface area contributed by atoms with Gasteiger partial charge in [0.25, 0.3) is 0 Å². The maximum absolute atomic E-state index is 12.2. The number of benzene rings is 1. The quantitative estimate of drug-likeness (QED) is 0.866. The maximum Gasteiger partial charge on any atom is 0.241 e. The lowest BCUT2D eigenvalue weighted by Crippen LogP contribution is -2.24. The van der Waals surface area contributed by atoms with Crippen molar-refractivity contribution in [3.05, 3.63) is 46.3 Å². The van der Waals surface area contributed by atoms with Crippen molar-refractivity contribution >= 4 is 31.8 Å². The van der Waals surface area contributed by atoms with Gasteiger partial charge in [-0.2, -0.15) is 0 Å². The van der Waals surface area contributed by atoms with Crippen LogP contribution in [0.2, 0.25) is 0 Å². The Morgan fingerprint density at radius 2 is 2.05 bits per heavy atom. The van der Waals surface area contributed by atoms with Gasteiger partial charge in [-0.05, 0) is 35.0 Å². The normalized spacial score (nSPS) is 11.5. The fraction of sp³-hybridized carbons (Fsp3) is 0.167. The van der Waals surface area contributed by atoms with Crippen molar-refractivity contribution in [1.29, 1.82) is 0 Å². The number of nitrogen functional groups attached to an aromatic ring is 1. The number of nitrogens with one attached hydrogen (secondary N) is 1. The van der Waals surface area contributed by atoms with Crippen molar-refractivity contribution in [3.63, 3.8) is 0 Å². The van der Waals surface area contributed by atoms with E-state index in [1.54, 1.807) is 25.1 Å². The van der Waals surface area contributed by atoms with Gasteiger partial charge < -0.3 is 5.73 Å². The van der Waals surface area contributed by atoms with Gasteiger partial charge in [-0.1, -0.05) is 12.1 Å². The third-order valence-electron chi connectivity index (χ3n) is 2.60. The molecule has 1 aromatic carbocycles. The number of nitrogens with two attached hydrogens (primary N) is 1. The van der Waals surface area contributed by atoms with Crippen LogP contribution in [-0.2, 0) is 16.6 Å². The van der Waals surface area contributed by atoms with Gasteiger partial charge in [0.15, 0.2) is 0 Å². The summed E-state index contributed by atoms with van der Waals surface area (Å²) in [6.07, 6.45) is 1.51. The van der Waals surface area contributed by atoms with E-state index in [9.17, 15) is 8.42 Å². The highest BCUT2D eigenvalue weighted by Gasteiger charge is 2.17. The van der Waals surface area contributed by atoms with Gasteiger partial charge in [0.05, 0.1) is 4.90 Å². The van der Waals surface area contributed by atoms with Gasteiger partial charge in [-0.3, -0.25) is 0 Å². The van der Waals surface area contributed by atoms with Crippen LogP contribution in [0.1, 0.15) is 11.4 Å². The molecule has 1 aromatic heterocycles. The number of rotatable bonds is 4. The van der Waals surface area contributed by atoms with E-state index in [0.717, 1.165) is 0 Å². The second-order valence-corrected chi connectivity index (χ2v) is 6.67. The molecule has 0 fully saturated rings. The van der Waals surface area contributed by atoms with Crippen LogP contribution in [0.3, 0.4) is 0 Å². The molecule has 0 amide bonds. The van der Waals surface area contributed by atoms with Crippen molar-refractivity contribution in [3.8, 4) is 0 Å². The first kappa shape index (κ1) is 14.9. The molecular formula is C12H13BrN4O2S. The van der Waals surface area contributed by atoms with Gasteiger partial charge in [0.1, 0.15) is 11.6 Å². The van der Waals surface area contributed by atoms with E-state index in [4.69, 9.17) is 5.73 Å². The van der Waals surface area contributed by atoms with E-state index >= 15 is 0 Å². The largest absolute Gasteiger partial charge is 0.383 e. The molecule has 0 atom stereocenters. The molecule has 0 saturated heterocycles. The van der Waals surface area contributed by atoms with Gasteiger partial charge in [0.2, 0.25) is 10.0 Å². The zero-order chi connectivity index (χ0) is 14.8. The average Bonchev–Trinajstić information content (AvgIpc) is 2.38. The van der Waals surface area contributed by atoms with E-state index in [-0.39, 0.29) is 17.3 Å². The predicted octanol–water partition coefficient (Wildman–Crippen LogP) is 1.61. The van der Waals surface area contributed by atoms with Gasteiger partial charge in [-0.15, -0.1) is 0 Å². The first-order valence-corrected chi connectivity index (χ1v) is 8.00. The number of aryl methyl sites for hydroxylation is 1. The lowest BCUT2D eigenvalue weighted by molar-refractivity contribution is 0.580. The molecule has 0 aliphatic rings. The van der Waals surface area contributed by atoms with E-state index in [1.807, 2.05) is 0 Å². The predicted molar refractivity (Wildman–Crippen MR) is 79.3 cm³/mol. The number of sulfonamides is 1. The molecule has 0 bridgehead atoms. The van der Waals surface area contributed by atoms with Gasteiger partial charge in [0, 0.05) is 22.8 Å². The highest BCUT2D eigenvalue weighted by molar-refractivity contribution is 9.10. The summed E-state index contributed by atoms with van der Waals surface area (Å²) in [5.41, 5.74) is 6.26. The highest BCUT2D eigenvalue weighted by atomic mass is 79.9. The fourth-order valence-electron chi connectivity index (χ4n) is 1.56. The summed E-state index contributed by atoms with van der Waals surface area (Å²) < 4.78 is 27.3. The summed E-state index contributed by atoms with van der Waals surface area (Å²) in [7, 11) is -3.62. The Labute approximate surface area is 125 Å². The Morgan fingerprint density at radius 1 is 1.35 bits per heavy atom. The minimum absolute atomic E-state index is 0.0375. The number of halogens is 1. The molecule has 2 rings (SSSR count). The van der Waals surface area contributed by atoms with E-state index in [2.05, 4.69) is 30.6 Å². The monoisotopic (exact) mass is 356 g/mol. The third-order valence-corrected chi connectivity index (χ3v) is 5.01. The van der Waals surface area contributed by atoms with Crippen molar-refractivity contribution in [2.45, 2.75) is 18.4 Å². The average molecular weight is 357 g/mol. The first-order chi connectivity index (χ1) is 9.40. The number of anilines is 1. The van der Waals surface area contributed by atoms with Crippen molar-refractivity contribution in [2.24, 2.45) is 0 Å². The molecule has 2 aromatic rings. The van der Waals surface area contributed by atoms with Crippen molar-refractivity contribution < 1.29 is 8.42 Å². The third kappa shape index (κ3) is 3.33. The highest BCUT2D eigenvalue weighted by Crippen LogP contribution is 2.21. The minimum Gasteiger partial charge on any atom is -0.383 e. The standard InChI is InChI=1S/C12H13BrN4O2S/c1-8-15-6-9(12(14)17-8)7-16-20(18,19)11-5-3-2-4-10(11)13/h2-6,16H,7H2,1H3,(H2,14,15,17). The Hall–Kier alpha value is -1.51. The smallest absolute Gasteiger partial charge is 0.241 e. The molecule has 6 nitrogen and oxygen atoms in total. The van der Waals surface area contributed by atoms with Crippen molar-refractivity contribution in [1.82, 2.24) is 14.7 Å². The summed E-state index contributed by atoms with van der Waals surface area (Å²) in [4.78, 5) is 8.16. The molecule has 20 heavy (non-hydrogen) atoms. The zero-order valence-corrected chi connectivity index (χ0v) is 13.1. The van der Waals surface area contributed by atoms with Crippen molar-refractivity contribution in [2.75, 3.05) is 5.73 Å². The molecule has 0 radical (unpaired) electrons. The molecule has 0 aliphatic carbocycles. The summed E-state index contributed by atoms with van der Waals surface area (Å²) >= 11 is 3.21. The molecule has 3 N–H and O–H groups in total. The molecule has 0 unspecified atom stereocenters. The summed E-state index contributed by atoms with van der Waals surface area (Å²) in [6, 6.07) is 6.58. The number of hydrogen-bond acceptors (Lipinski definition) is 5. The molecular weight excluding hydrogens is 344 g/mol. The topological polar surface area (TPSA) is 98.0 Å². The lowest BCUT2D eigenvalue weighted by atomic mass is 10.3. The summed E-state index contributed by atoms with van der Waals surface area (Å²) in [5, 5.41) is 0. The van der Waals surface area contributed by atoms with E-state index in [0.29, 0.717) is 15.9 Å². The molecule has 1 heterocycles. The molecule has 0 spiro atoms. The van der Waals surface area contributed by atoms with Crippen LogP contribution in [0.25, 0.3) is 0 Å². The van der Waals surface area contributed by atoms with Crippen LogP contribution < -0.4 is 10.5 Å². The van der Waals surface area contributed by atoms with Crippen LogP contribution in [-0.4, -0.2) is 18.4 Å². The van der Waals surface area contributed by atoms with Crippen LogP contribution in [0.4, 0.5) is 5.82 Å². The van der Waals surface area contributed by atoms with E-state index in [1.165, 1.54) is 12.3 Å². The Kier molecular flexibility index (Phi) is 4.36. The second kappa shape index (κ2) is 5.86. The molecule has 0 saturated carbocycles. The summed E-state index contributed by atoms with van der Waals surface area (Å²) in [6.45, 7) is 1.75. The fourth-order valence-corrected chi connectivity index (χ4v) is 3.57. The molecule has 0 aliphatic heterocycles. The van der Waals surface area contributed by atoms with Gasteiger partial charge >= 0.3 is 0 Å². The Bertz CT molecular complexity index is 734. The van der Waals surface area contributed by atoms with Crippen LogP contribution >= 0.6 is 15.9 Å². The number of aromatic nitrogens is 2. The second-order valence-electron chi connectivity index (χ2n) is 4.08.